The number of guanidine groups is 1. The molecule has 5 nitrogen and oxygen atoms in total. The Labute approximate surface area is 164 Å². The lowest BCUT2D eigenvalue weighted by Crippen LogP contribution is -2.44. The molecular weight excluding hydrogens is 362 g/mol. The molecule has 3 rings (SSSR count). The van der Waals surface area contributed by atoms with Gasteiger partial charge in [-0.25, -0.2) is 4.98 Å². The first-order valence-electron chi connectivity index (χ1n) is 9.32. The second kappa shape index (κ2) is 9.48. The average Bonchev–Trinajstić information content (AvgIpc) is 3.33. The smallest absolute Gasteiger partial charge is 0.191 e. The Balaban J connectivity index is 1.55. The molecule has 2 aromatic rings. The van der Waals surface area contributed by atoms with E-state index in [4.69, 9.17) is 0 Å². The van der Waals surface area contributed by atoms with E-state index in [0.29, 0.717) is 12.0 Å². The molecule has 2 N–H and O–H groups in total. The Kier molecular flexibility index (Phi) is 7.05. The second-order valence-electron chi connectivity index (χ2n) is 6.74. The molecule has 2 atom stereocenters. The Bertz CT molecular complexity index is 695. The zero-order valence-electron chi connectivity index (χ0n) is 15.9. The minimum atomic E-state index is 0.500. The van der Waals surface area contributed by atoms with Crippen molar-refractivity contribution in [1.82, 2.24) is 20.5 Å². The van der Waals surface area contributed by atoms with Crippen LogP contribution in [-0.4, -0.2) is 43.0 Å². The largest absolute Gasteiger partial charge is 0.356 e. The summed E-state index contributed by atoms with van der Waals surface area (Å²) in [5.41, 5.74) is 1.09. The normalized spacial score (nSPS) is 21.7. The molecule has 142 valence electrons. The maximum Gasteiger partial charge on any atom is 0.191 e. The molecule has 0 aromatic carbocycles. The molecule has 0 spiro atoms. The molecule has 1 fully saturated rings. The number of thiazole rings is 1. The number of aliphatic imine (C=N–C) groups is 1. The van der Waals surface area contributed by atoms with E-state index in [0.717, 1.165) is 31.2 Å². The predicted molar refractivity (Wildman–Crippen MR) is 112 cm³/mol. The van der Waals surface area contributed by atoms with Crippen molar-refractivity contribution in [3.63, 3.8) is 0 Å². The number of nitrogens with zero attached hydrogens (tertiary/aromatic N) is 3. The molecule has 3 heterocycles. The van der Waals surface area contributed by atoms with Gasteiger partial charge in [-0.1, -0.05) is 13.0 Å². The van der Waals surface area contributed by atoms with Gasteiger partial charge in [-0.2, -0.15) is 0 Å². The van der Waals surface area contributed by atoms with Gasteiger partial charge in [0, 0.05) is 29.9 Å². The van der Waals surface area contributed by atoms with Crippen LogP contribution in [0.2, 0.25) is 0 Å². The molecular formula is C19H29N5S2. The zero-order chi connectivity index (χ0) is 18.4. The van der Waals surface area contributed by atoms with Crippen LogP contribution >= 0.6 is 22.7 Å². The van der Waals surface area contributed by atoms with Crippen LogP contribution in [0.15, 0.2) is 27.9 Å². The lowest BCUT2D eigenvalue weighted by Gasteiger charge is -2.39. The van der Waals surface area contributed by atoms with Crippen LogP contribution in [0.25, 0.3) is 0 Å². The van der Waals surface area contributed by atoms with Crippen molar-refractivity contribution in [2.75, 3.05) is 27.2 Å². The topological polar surface area (TPSA) is 52.6 Å². The summed E-state index contributed by atoms with van der Waals surface area (Å²) in [6, 6.07) is 4.93. The molecule has 7 heteroatoms. The van der Waals surface area contributed by atoms with Crippen LogP contribution in [0.1, 0.15) is 41.4 Å². The van der Waals surface area contributed by atoms with Gasteiger partial charge in [0.25, 0.3) is 0 Å². The van der Waals surface area contributed by atoms with Gasteiger partial charge in [0.2, 0.25) is 0 Å². The molecule has 0 radical (unpaired) electrons. The van der Waals surface area contributed by atoms with E-state index >= 15 is 0 Å². The van der Waals surface area contributed by atoms with Gasteiger partial charge in [0.1, 0.15) is 0 Å². The van der Waals surface area contributed by atoms with Gasteiger partial charge in [-0.15, -0.1) is 22.7 Å². The van der Waals surface area contributed by atoms with Gasteiger partial charge in [0.15, 0.2) is 5.96 Å². The highest BCUT2D eigenvalue weighted by Gasteiger charge is 2.31. The number of hydrogen-bond donors (Lipinski definition) is 2. The lowest BCUT2D eigenvalue weighted by atomic mass is 9.88. The summed E-state index contributed by atoms with van der Waals surface area (Å²) >= 11 is 3.59. The van der Waals surface area contributed by atoms with Crippen molar-refractivity contribution >= 4 is 28.6 Å². The maximum atomic E-state index is 4.61. The number of piperidine rings is 1. The van der Waals surface area contributed by atoms with E-state index in [1.807, 2.05) is 18.4 Å². The predicted octanol–water partition coefficient (Wildman–Crippen LogP) is 3.52. The summed E-state index contributed by atoms with van der Waals surface area (Å²) in [5.74, 6) is 1.45. The van der Waals surface area contributed by atoms with Gasteiger partial charge in [0.05, 0.1) is 17.2 Å². The van der Waals surface area contributed by atoms with Crippen molar-refractivity contribution in [2.24, 2.45) is 10.9 Å². The van der Waals surface area contributed by atoms with Crippen molar-refractivity contribution in [1.29, 1.82) is 0 Å². The molecule has 2 aromatic heterocycles. The molecule has 0 amide bonds. The standard InChI is InChI=1S/C19H29N5S2/c1-4-17-23-15(13-26-17)12-22-19(20-2)21-11-14-7-5-9-24(3)18(14)16-8-6-10-25-16/h6,8,10,13-14,18H,4-5,7,9,11-12H2,1-3H3,(H2,20,21,22). The molecule has 0 bridgehead atoms. The summed E-state index contributed by atoms with van der Waals surface area (Å²) in [5, 5.41) is 12.4. The zero-order valence-corrected chi connectivity index (χ0v) is 17.5. The Morgan fingerprint density at radius 2 is 2.27 bits per heavy atom. The maximum absolute atomic E-state index is 4.61. The number of aromatic nitrogens is 1. The van der Waals surface area contributed by atoms with Gasteiger partial charge in [-0.05, 0) is 50.2 Å². The van der Waals surface area contributed by atoms with Crippen molar-refractivity contribution < 1.29 is 0 Å². The van der Waals surface area contributed by atoms with E-state index in [1.165, 1.54) is 29.3 Å². The quantitative estimate of drug-likeness (QED) is 0.584. The first-order valence-corrected chi connectivity index (χ1v) is 11.1. The summed E-state index contributed by atoms with van der Waals surface area (Å²) in [7, 11) is 4.08. The number of likely N-dealkylation sites (tertiary alicyclic amines) is 1. The highest BCUT2D eigenvalue weighted by atomic mass is 32.1. The first-order chi connectivity index (χ1) is 12.7. The summed E-state index contributed by atoms with van der Waals surface area (Å²) < 4.78 is 0. The minimum absolute atomic E-state index is 0.500. The van der Waals surface area contributed by atoms with Crippen LogP contribution in [0.5, 0.6) is 0 Å². The molecule has 1 saturated heterocycles. The van der Waals surface area contributed by atoms with E-state index in [2.05, 4.69) is 62.4 Å². The van der Waals surface area contributed by atoms with Crippen LogP contribution in [0.3, 0.4) is 0 Å². The third kappa shape index (κ3) is 4.84. The van der Waals surface area contributed by atoms with Gasteiger partial charge in [-0.3, -0.25) is 9.89 Å². The molecule has 0 aliphatic carbocycles. The second-order valence-corrected chi connectivity index (χ2v) is 8.66. The van der Waals surface area contributed by atoms with Crippen molar-refractivity contribution in [3.8, 4) is 0 Å². The fourth-order valence-corrected chi connectivity index (χ4v) is 5.33. The Morgan fingerprint density at radius 3 is 2.96 bits per heavy atom. The molecule has 2 unspecified atom stereocenters. The number of aryl methyl sites for hydroxylation is 1. The highest BCUT2D eigenvalue weighted by Crippen LogP contribution is 2.36. The minimum Gasteiger partial charge on any atom is -0.356 e. The average molecular weight is 392 g/mol. The Hall–Kier alpha value is -1.44. The lowest BCUT2D eigenvalue weighted by molar-refractivity contribution is 0.125. The number of rotatable bonds is 6. The fraction of sp³-hybridized carbons (Fsp3) is 0.579. The molecule has 26 heavy (non-hydrogen) atoms. The van der Waals surface area contributed by atoms with E-state index in [9.17, 15) is 0 Å². The van der Waals surface area contributed by atoms with Crippen molar-refractivity contribution in [3.05, 3.63) is 38.5 Å². The van der Waals surface area contributed by atoms with Crippen LogP contribution in [0, 0.1) is 5.92 Å². The SMILES string of the molecule is CCc1nc(CNC(=NC)NCC2CCCN(C)C2c2cccs2)cs1. The van der Waals surface area contributed by atoms with Gasteiger partial charge >= 0.3 is 0 Å². The van der Waals surface area contributed by atoms with E-state index < -0.39 is 0 Å². The first kappa shape index (κ1) is 19.3. The summed E-state index contributed by atoms with van der Waals surface area (Å²) in [6.45, 7) is 4.97. The third-order valence-electron chi connectivity index (χ3n) is 4.94. The fourth-order valence-electron chi connectivity index (χ4n) is 3.60. The van der Waals surface area contributed by atoms with E-state index in [1.54, 1.807) is 11.3 Å². The highest BCUT2D eigenvalue weighted by molar-refractivity contribution is 7.10. The molecule has 0 saturated carbocycles. The van der Waals surface area contributed by atoms with Crippen molar-refractivity contribution in [2.45, 2.75) is 38.8 Å². The van der Waals surface area contributed by atoms with Crippen LogP contribution in [0.4, 0.5) is 0 Å². The van der Waals surface area contributed by atoms with Gasteiger partial charge < -0.3 is 10.6 Å². The number of nitrogens with one attached hydrogen (secondary N) is 2. The number of thiophene rings is 1. The monoisotopic (exact) mass is 391 g/mol. The molecule has 1 aliphatic rings. The number of hydrogen-bond acceptors (Lipinski definition) is 5. The van der Waals surface area contributed by atoms with Crippen LogP contribution in [-0.2, 0) is 13.0 Å². The third-order valence-corrected chi connectivity index (χ3v) is 6.92. The van der Waals surface area contributed by atoms with E-state index in [-0.39, 0.29) is 0 Å². The summed E-state index contributed by atoms with van der Waals surface area (Å²) in [6.07, 6.45) is 3.51. The van der Waals surface area contributed by atoms with Crippen LogP contribution < -0.4 is 10.6 Å². The Morgan fingerprint density at radius 1 is 1.38 bits per heavy atom. The molecule has 1 aliphatic heterocycles. The summed E-state index contributed by atoms with van der Waals surface area (Å²) in [4.78, 5) is 13.0.